The topological polar surface area (TPSA) is 59.8 Å². The lowest BCUT2D eigenvalue weighted by Crippen LogP contribution is -2.27. The van der Waals surface area contributed by atoms with Gasteiger partial charge >= 0.3 is 0 Å². The molecule has 0 unspecified atom stereocenters. The van der Waals surface area contributed by atoms with E-state index < -0.39 is 0 Å². The molecule has 0 bridgehead atoms. The predicted molar refractivity (Wildman–Crippen MR) is 105 cm³/mol. The number of pyridine rings is 1. The van der Waals surface area contributed by atoms with Crippen LogP contribution < -0.4 is 11.1 Å². The van der Waals surface area contributed by atoms with Crippen LogP contribution >= 0.6 is 11.6 Å². The summed E-state index contributed by atoms with van der Waals surface area (Å²) in [5.41, 5.74) is 1.86. The summed E-state index contributed by atoms with van der Waals surface area (Å²) in [6, 6.07) is 8.80. The fourth-order valence-corrected chi connectivity index (χ4v) is 4.25. The van der Waals surface area contributed by atoms with Crippen molar-refractivity contribution in [2.24, 2.45) is 0 Å². The fraction of sp³-hybridized carbons (Fsp3) is 0.400. The van der Waals surface area contributed by atoms with Crippen LogP contribution in [-0.4, -0.2) is 14.3 Å². The maximum atomic E-state index is 13.0. The zero-order valence-corrected chi connectivity index (χ0v) is 15.6. The van der Waals surface area contributed by atoms with Crippen molar-refractivity contribution in [1.82, 2.24) is 14.3 Å². The van der Waals surface area contributed by atoms with E-state index in [9.17, 15) is 9.59 Å². The van der Waals surface area contributed by atoms with Gasteiger partial charge in [-0.15, -0.1) is 0 Å². The Labute approximate surface area is 156 Å². The van der Waals surface area contributed by atoms with Gasteiger partial charge in [0.15, 0.2) is 0 Å². The van der Waals surface area contributed by atoms with Gasteiger partial charge in [-0.3, -0.25) is 14.7 Å². The van der Waals surface area contributed by atoms with Crippen LogP contribution in [0.25, 0.3) is 16.6 Å². The molecule has 6 heteroatoms. The molecule has 136 valence electrons. The van der Waals surface area contributed by atoms with Crippen LogP contribution in [-0.2, 0) is 0 Å². The lowest BCUT2D eigenvalue weighted by molar-refractivity contribution is 0.426. The van der Waals surface area contributed by atoms with Crippen molar-refractivity contribution >= 4 is 22.5 Å². The monoisotopic (exact) mass is 371 g/mol. The van der Waals surface area contributed by atoms with Gasteiger partial charge in [0.2, 0.25) is 0 Å². The minimum absolute atomic E-state index is 0.0357. The molecule has 26 heavy (non-hydrogen) atoms. The summed E-state index contributed by atoms with van der Waals surface area (Å²) in [7, 11) is 0. The van der Waals surface area contributed by atoms with Gasteiger partial charge in [0.1, 0.15) is 0 Å². The molecule has 0 atom stereocenters. The van der Waals surface area contributed by atoms with Gasteiger partial charge in [-0.05, 0) is 44.0 Å². The number of aryl methyl sites for hydroxylation is 1. The Hall–Kier alpha value is -2.27. The lowest BCUT2D eigenvalue weighted by Gasteiger charge is -2.20. The number of benzene rings is 1. The number of aromatic nitrogens is 3. The van der Waals surface area contributed by atoms with E-state index in [-0.39, 0.29) is 17.2 Å². The molecule has 2 heterocycles. The van der Waals surface area contributed by atoms with Gasteiger partial charge in [0, 0.05) is 22.8 Å². The molecular formula is C20H22ClN3O2. The highest BCUT2D eigenvalue weighted by Gasteiger charge is 2.21. The van der Waals surface area contributed by atoms with Crippen LogP contribution in [0.5, 0.6) is 0 Å². The van der Waals surface area contributed by atoms with Crippen molar-refractivity contribution in [3.05, 3.63) is 61.8 Å². The number of nitrogens with zero attached hydrogens (tertiary/aromatic N) is 2. The molecule has 1 N–H and O–H groups in total. The van der Waals surface area contributed by atoms with Gasteiger partial charge in [-0.25, -0.2) is 4.68 Å². The van der Waals surface area contributed by atoms with Gasteiger partial charge < -0.3 is 4.57 Å². The number of hydrogen-bond acceptors (Lipinski definition) is 2. The lowest BCUT2D eigenvalue weighted by atomic mass is 10.1. The minimum atomic E-state index is -0.137. The van der Waals surface area contributed by atoms with Gasteiger partial charge in [-0.2, -0.15) is 0 Å². The third kappa shape index (κ3) is 2.90. The second kappa shape index (κ2) is 6.80. The Kier molecular flexibility index (Phi) is 4.49. The first-order valence-corrected chi connectivity index (χ1v) is 9.57. The molecule has 4 rings (SSSR count). The quantitative estimate of drug-likeness (QED) is 0.681. The maximum absolute atomic E-state index is 13.0. The van der Waals surface area contributed by atoms with Gasteiger partial charge in [-0.1, -0.05) is 37.3 Å². The summed E-state index contributed by atoms with van der Waals surface area (Å²) >= 11 is 5.94. The van der Waals surface area contributed by atoms with E-state index >= 15 is 0 Å². The van der Waals surface area contributed by atoms with Gasteiger partial charge in [0.25, 0.3) is 11.1 Å². The predicted octanol–water partition coefficient (Wildman–Crippen LogP) is 4.34. The zero-order valence-electron chi connectivity index (χ0n) is 14.8. The molecule has 5 nitrogen and oxygen atoms in total. The van der Waals surface area contributed by atoms with Crippen LogP contribution in [0.1, 0.15) is 50.3 Å². The molecule has 1 aliphatic rings. The molecule has 0 amide bonds. The molecule has 1 fully saturated rings. The molecule has 0 spiro atoms. The Morgan fingerprint density at radius 3 is 2.35 bits per heavy atom. The average molecular weight is 372 g/mol. The van der Waals surface area contributed by atoms with Crippen LogP contribution in [0.3, 0.4) is 0 Å². The normalized spacial score (nSPS) is 16.1. The number of hydrogen-bond donors (Lipinski definition) is 1. The number of aromatic amines is 1. The largest absolute Gasteiger partial charge is 0.309 e. The van der Waals surface area contributed by atoms with E-state index in [1.807, 2.05) is 11.5 Å². The summed E-state index contributed by atoms with van der Waals surface area (Å²) in [5.74, 6) is 0. The fourth-order valence-electron chi connectivity index (χ4n) is 4.13. The first-order chi connectivity index (χ1) is 12.6. The Morgan fingerprint density at radius 2 is 1.69 bits per heavy atom. The molecule has 1 aromatic carbocycles. The van der Waals surface area contributed by atoms with Crippen molar-refractivity contribution < 1.29 is 0 Å². The van der Waals surface area contributed by atoms with Crippen molar-refractivity contribution in [2.75, 3.05) is 0 Å². The van der Waals surface area contributed by atoms with Crippen LogP contribution in [0, 0.1) is 6.92 Å². The molecular weight excluding hydrogens is 350 g/mol. The number of rotatable bonds is 2. The van der Waals surface area contributed by atoms with E-state index in [1.165, 1.54) is 17.5 Å². The van der Waals surface area contributed by atoms with Gasteiger partial charge in [0.05, 0.1) is 16.6 Å². The van der Waals surface area contributed by atoms with Crippen LogP contribution in [0.15, 0.2) is 39.9 Å². The Balaban J connectivity index is 1.89. The number of fused-ring (bicyclic) bond motifs is 1. The van der Waals surface area contributed by atoms with E-state index in [0.717, 1.165) is 31.4 Å². The number of H-pyrrole nitrogens is 1. The summed E-state index contributed by atoms with van der Waals surface area (Å²) < 4.78 is 3.32. The highest BCUT2D eigenvalue weighted by Crippen LogP contribution is 2.28. The van der Waals surface area contributed by atoms with Crippen molar-refractivity contribution in [1.29, 1.82) is 0 Å². The highest BCUT2D eigenvalue weighted by molar-refractivity contribution is 6.30. The molecule has 0 radical (unpaired) electrons. The SMILES string of the molecule is Cc1c2c(=O)n(-c3ccc(Cl)cc3)[nH]c2cc(=O)n1C1CCCCCC1. The molecule has 0 saturated heterocycles. The van der Waals surface area contributed by atoms with Crippen LogP contribution in [0.4, 0.5) is 0 Å². The first-order valence-electron chi connectivity index (χ1n) is 9.19. The van der Waals surface area contributed by atoms with E-state index in [4.69, 9.17) is 11.6 Å². The van der Waals surface area contributed by atoms with Crippen LogP contribution in [0.2, 0.25) is 5.02 Å². The summed E-state index contributed by atoms with van der Waals surface area (Å²) in [4.78, 5) is 25.8. The van der Waals surface area contributed by atoms with E-state index in [1.54, 1.807) is 30.3 Å². The first kappa shape index (κ1) is 17.2. The molecule has 3 aromatic rings. The third-order valence-corrected chi connectivity index (χ3v) is 5.67. The third-order valence-electron chi connectivity index (χ3n) is 5.42. The van der Waals surface area contributed by atoms with Crippen molar-refractivity contribution in [3.8, 4) is 5.69 Å². The second-order valence-corrected chi connectivity index (χ2v) is 7.54. The second-order valence-electron chi connectivity index (χ2n) is 7.10. The summed E-state index contributed by atoms with van der Waals surface area (Å²) in [6.07, 6.45) is 6.72. The smallest absolute Gasteiger partial charge is 0.280 e. The summed E-state index contributed by atoms with van der Waals surface area (Å²) in [6.45, 7) is 1.88. The summed E-state index contributed by atoms with van der Waals surface area (Å²) in [5, 5.41) is 4.27. The zero-order chi connectivity index (χ0) is 18.3. The Bertz CT molecular complexity index is 1050. The molecule has 2 aromatic heterocycles. The average Bonchev–Trinajstić information content (AvgIpc) is 2.79. The van der Waals surface area contributed by atoms with Crippen molar-refractivity contribution in [3.63, 3.8) is 0 Å². The minimum Gasteiger partial charge on any atom is -0.309 e. The number of nitrogens with one attached hydrogen (secondary N) is 1. The number of halogens is 1. The van der Waals surface area contributed by atoms with E-state index in [0.29, 0.717) is 21.6 Å². The highest BCUT2D eigenvalue weighted by atomic mass is 35.5. The maximum Gasteiger partial charge on any atom is 0.280 e. The molecule has 0 aliphatic heterocycles. The van der Waals surface area contributed by atoms with E-state index in [2.05, 4.69) is 5.10 Å². The molecule has 1 saturated carbocycles. The standard InChI is InChI=1S/C20H22ClN3O2/c1-13-19-17(12-18(25)23(13)15-6-4-2-3-5-7-15)22-24(20(19)26)16-10-8-14(21)9-11-16/h8-12,15,22H,2-7H2,1H3. The van der Waals surface area contributed by atoms with Crippen molar-refractivity contribution in [2.45, 2.75) is 51.5 Å². The Morgan fingerprint density at radius 1 is 1.04 bits per heavy atom. The molecule has 1 aliphatic carbocycles.